The van der Waals surface area contributed by atoms with Crippen molar-refractivity contribution in [3.05, 3.63) is 66.4 Å². The van der Waals surface area contributed by atoms with Crippen LogP contribution in [0.25, 0.3) is 10.9 Å². The number of halogens is 2. The lowest BCUT2D eigenvalue weighted by molar-refractivity contribution is 0.628. The lowest BCUT2D eigenvalue weighted by Crippen LogP contribution is -1.93. The number of fused-ring (bicyclic) bond motifs is 1. The molecule has 1 aromatic heterocycles. The molecule has 3 aromatic rings. The third-order valence-corrected chi connectivity index (χ3v) is 2.85. The molecular formula is C15H10F2N2. The van der Waals surface area contributed by atoms with E-state index in [1.165, 1.54) is 24.4 Å². The summed E-state index contributed by atoms with van der Waals surface area (Å²) >= 11 is 0. The van der Waals surface area contributed by atoms with Crippen LogP contribution in [0.15, 0.2) is 54.7 Å². The van der Waals surface area contributed by atoms with Crippen molar-refractivity contribution in [1.82, 2.24) is 4.98 Å². The van der Waals surface area contributed by atoms with Crippen molar-refractivity contribution in [1.29, 1.82) is 0 Å². The highest BCUT2D eigenvalue weighted by Gasteiger charge is 2.06. The van der Waals surface area contributed by atoms with Crippen molar-refractivity contribution in [2.75, 3.05) is 5.32 Å². The standard InChI is InChI=1S/C15H10F2N2/c16-10-4-6-11(7-5-10)19-14-8-9-18-15-12(14)2-1-3-13(15)17/h1-9H,(H,18,19). The van der Waals surface area contributed by atoms with Crippen LogP contribution in [0.3, 0.4) is 0 Å². The fourth-order valence-electron chi connectivity index (χ4n) is 1.94. The number of para-hydroxylation sites is 1. The number of hydrogen-bond acceptors (Lipinski definition) is 2. The highest BCUT2D eigenvalue weighted by molar-refractivity contribution is 5.93. The maximum Gasteiger partial charge on any atom is 0.149 e. The second kappa shape index (κ2) is 4.65. The Balaban J connectivity index is 2.06. The fourth-order valence-corrected chi connectivity index (χ4v) is 1.94. The zero-order chi connectivity index (χ0) is 13.2. The maximum atomic E-state index is 13.6. The maximum absolute atomic E-state index is 13.6. The fraction of sp³-hybridized carbons (Fsp3) is 0. The molecular weight excluding hydrogens is 246 g/mol. The van der Waals surface area contributed by atoms with E-state index < -0.39 is 0 Å². The molecule has 0 amide bonds. The minimum absolute atomic E-state index is 0.295. The van der Waals surface area contributed by atoms with Gasteiger partial charge in [0.1, 0.15) is 17.2 Å². The summed E-state index contributed by atoms with van der Waals surface area (Å²) in [6.07, 6.45) is 1.54. The second-order valence-electron chi connectivity index (χ2n) is 4.13. The smallest absolute Gasteiger partial charge is 0.149 e. The van der Waals surface area contributed by atoms with Gasteiger partial charge in [-0.25, -0.2) is 8.78 Å². The number of hydrogen-bond donors (Lipinski definition) is 1. The number of nitrogens with zero attached hydrogens (tertiary/aromatic N) is 1. The molecule has 94 valence electrons. The van der Waals surface area contributed by atoms with Gasteiger partial charge < -0.3 is 5.32 Å². The predicted molar refractivity (Wildman–Crippen MR) is 71.4 cm³/mol. The van der Waals surface area contributed by atoms with Crippen molar-refractivity contribution in [2.45, 2.75) is 0 Å². The largest absolute Gasteiger partial charge is 0.355 e. The lowest BCUT2D eigenvalue weighted by Gasteiger charge is -2.09. The number of aromatic nitrogens is 1. The quantitative estimate of drug-likeness (QED) is 0.741. The molecule has 0 spiro atoms. The monoisotopic (exact) mass is 256 g/mol. The van der Waals surface area contributed by atoms with Crippen LogP contribution in [0.1, 0.15) is 0 Å². The van der Waals surface area contributed by atoms with E-state index in [2.05, 4.69) is 10.3 Å². The number of rotatable bonds is 2. The van der Waals surface area contributed by atoms with E-state index in [0.29, 0.717) is 10.9 Å². The Morgan fingerprint density at radius 1 is 0.895 bits per heavy atom. The summed E-state index contributed by atoms with van der Waals surface area (Å²) in [5.41, 5.74) is 1.78. The van der Waals surface area contributed by atoms with E-state index in [4.69, 9.17) is 0 Å². The molecule has 1 heterocycles. The second-order valence-corrected chi connectivity index (χ2v) is 4.13. The van der Waals surface area contributed by atoms with Crippen LogP contribution in [-0.4, -0.2) is 4.98 Å². The molecule has 1 N–H and O–H groups in total. The van der Waals surface area contributed by atoms with E-state index in [-0.39, 0.29) is 11.6 Å². The van der Waals surface area contributed by atoms with Crippen molar-refractivity contribution in [3.63, 3.8) is 0 Å². The average Bonchev–Trinajstić information content (AvgIpc) is 2.43. The Kier molecular flexibility index (Phi) is 2.83. The normalized spacial score (nSPS) is 10.6. The molecule has 0 saturated carbocycles. The molecule has 0 saturated heterocycles. The van der Waals surface area contributed by atoms with Gasteiger partial charge in [-0.3, -0.25) is 4.98 Å². The molecule has 0 fully saturated rings. The highest BCUT2D eigenvalue weighted by Crippen LogP contribution is 2.26. The molecule has 0 aliphatic carbocycles. The lowest BCUT2D eigenvalue weighted by atomic mass is 10.1. The number of anilines is 2. The van der Waals surface area contributed by atoms with Gasteiger partial charge in [-0.1, -0.05) is 12.1 Å². The van der Waals surface area contributed by atoms with Gasteiger partial charge in [-0.15, -0.1) is 0 Å². The van der Waals surface area contributed by atoms with Crippen LogP contribution < -0.4 is 5.32 Å². The summed E-state index contributed by atoms with van der Waals surface area (Å²) in [6.45, 7) is 0. The third kappa shape index (κ3) is 2.25. The summed E-state index contributed by atoms with van der Waals surface area (Å²) in [6, 6.07) is 12.5. The zero-order valence-corrected chi connectivity index (χ0v) is 9.90. The Morgan fingerprint density at radius 3 is 2.47 bits per heavy atom. The molecule has 2 aromatic carbocycles. The summed E-state index contributed by atoms with van der Waals surface area (Å²) < 4.78 is 26.5. The van der Waals surface area contributed by atoms with E-state index >= 15 is 0 Å². The third-order valence-electron chi connectivity index (χ3n) is 2.85. The Hall–Kier alpha value is -2.49. The van der Waals surface area contributed by atoms with Gasteiger partial charge in [0.25, 0.3) is 0 Å². The molecule has 0 aliphatic heterocycles. The van der Waals surface area contributed by atoms with Crippen LogP contribution in [0, 0.1) is 11.6 Å². The van der Waals surface area contributed by atoms with Gasteiger partial charge in [-0.2, -0.15) is 0 Å². The first-order valence-electron chi connectivity index (χ1n) is 5.80. The van der Waals surface area contributed by atoms with E-state index in [9.17, 15) is 8.78 Å². The Bertz CT molecular complexity index is 724. The Morgan fingerprint density at radius 2 is 1.68 bits per heavy atom. The summed E-state index contributed by atoms with van der Waals surface area (Å²) in [5, 5.41) is 3.81. The first kappa shape index (κ1) is 11.6. The number of nitrogens with one attached hydrogen (secondary N) is 1. The number of pyridine rings is 1. The van der Waals surface area contributed by atoms with Crippen molar-refractivity contribution in [2.24, 2.45) is 0 Å². The molecule has 0 aliphatic rings. The minimum atomic E-state index is -0.361. The van der Waals surface area contributed by atoms with Gasteiger partial charge >= 0.3 is 0 Å². The van der Waals surface area contributed by atoms with Gasteiger partial charge in [-0.05, 0) is 36.4 Å². The first-order valence-corrected chi connectivity index (χ1v) is 5.80. The highest BCUT2D eigenvalue weighted by atomic mass is 19.1. The molecule has 2 nitrogen and oxygen atoms in total. The van der Waals surface area contributed by atoms with Crippen LogP contribution >= 0.6 is 0 Å². The number of benzene rings is 2. The first-order chi connectivity index (χ1) is 9.24. The SMILES string of the molecule is Fc1ccc(Nc2ccnc3c(F)cccc23)cc1. The topological polar surface area (TPSA) is 24.9 Å². The molecule has 0 bridgehead atoms. The van der Waals surface area contributed by atoms with Crippen LogP contribution in [0.2, 0.25) is 0 Å². The van der Waals surface area contributed by atoms with Crippen molar-refractivity contribution >= 4 is 22.3 Å². The Labute approximate surface area is 108 Å². The van der Waals surface area contributed by atoms with Crippen molar-refractivity contribution < 1.29 is 8.78 Å². The molecule has 4 heteroatoms. The van der Waals surface area contributed by atoms with Gasteiger partial charge in [0, 0.05) is 23.0 Å². The predicted octanol–water partition coefficient (Wildman–Crippen LogP) is 4.26. The van der Waals surface area contributed by atoms with Crippen LogP contribution in [0.4, 0.5) is 20.2 Å². The van der Waals surface area contributed by atoms with Crippen LogP contribution in [-0.2, 0) is 0 Å². The summed E-state index contributed by atoms with van der Waals surface area (Å²) in [4.78, 5) is 4.02. The molecule has 19 heavy (non-hydrogen) atoms. The van der Waals surface area contributed by atoms with Gasteiger partial charge in [0.15, 0.2) is 0 Å². The molecule has 3 rings (SSSR count). The van der Waals surface area contributed by atoms with E-state index in [1.807, 2.05) is 0 Å². The summed E-state index contributed by atoms with van der Waals surface area (Å²) in [7, 11) is 0. The van der Waals surface area contributed by atoms with E-state index in [0.717, 1.165) is 11.4 Å². The van der Waals surface area contributed by atoms with Gasteiger partial charge in [0.05, 0.1) is 0 Å². The molecule has 0 unspecified atom stereocenters. The van der Waals surface area contributed by atoms with Crippen molar-refractivity contribution in [3.8, 4) is 0 Å². The molecule has 0 atom stereocenters. The summed E-state index contributed by atoms with van der Waals surface area (Å²) in [5.74, 6) is -0.656. The van der Waals surface area contributed by atoms with E-state index in [1.54, 1.807) is 30.3 Å². The van der Waals surface area contributed by atoms with Gasteiger partial charge in [0.2, 0.25) is 0 Å². The minimum Gasteiger partial charge on any atom is -0.355 e. The zero-order valence-electron chi connectivity index (χ0n) is 9.90. The van der Waals surface area contributed by atoms with Crippen LogP contribution in [0.5, 0.6) is 0 Å². The average molecular weight is 256 g/mol. The molecule has 0 radical (unpaired) electrons.